The van der Waals surface area contributed by atoms with Crippen molar-refractivity contribution in [3.8, 4) is 0 Å². The summed E-state index contributed by atoms with van der Waals surface area (Å²) in [7, 11) is 0. The molecule has 1 aliphatic rings. The molecule has 0 aromatic rings. The van der Waals surface area contributed by atoms with Gasteiger partial charge in [0, 0.05) is 0 Å². The van der Waals surface area contributed by atoms with E-state index in [0.717, 1.165) is 0 Å². The molecule has 0 aromatic carbocycles. The summed E-state index contributed by atoms with van der Waals surface area (Å²) in [5.41, 5.74) is 0. The number of halogens is 2. The van der Waals surface area contributed by atoms with Crippen molar-refractivity contribution in [3.05, 3.63) is 0 Å². The van der Waals surface area contributed by atoms with Gasteiger partial charge in [-0.05, 0) is 0 Å². The lowest BCUT2D eigenvalue weighted by Gasteiger charge is -2.24. The summed E-state index contributed by atoms with van der Waals surface area (Å²) >= 11 is 11.2. The first-order valence-corrected chi connectivity index (χ1v) is 3.00. The van der Waals surface area contributed by atoms with Crippen LogP contribution in [0.1, 0.15) is 0 Å². The summed E-state index contributed by atoms with van der Waals surface area (Å²) in [6, 6.07) is 0. The van der Waals surface area contributed by atoms with Crippen LogP contribution < -0.4 is 0 Å². The summed E-state index contributed by atoms with van der Waals surface area (Å²) < 4.78 is 8.78. The van der Waals surface area contributed by atoms with Crippen molar-refractivity contribution in [1.82, 2.24) is 0 Å². The van der Waals surface area contributed by atoms with E-state index in [-0.39, 0.29) is 0 Å². The summed E-state index contributed by atoms with van der Waals surface area (Å²) in [6.45, 7) is 1.02. The van der Waals surface area contributed by atoms with Gasteiger partial charge in [0.15, 0.2) is 4.33 Å². The van der Waals surface area contributed by atoms with Crippen LogP contribution in [0.15, 0.2) is 0 Å². The van der Waals surface area contributed by atoms with Crippen molar-refractivity contribution in [2.24, 2.45) is 0 Å². The van der Waals surface area contributed by atoms with Gasteiger partial charge in [-0.25, -0.2) is 0 Å². The van der Waals surface area contributed by atoms with Gasteiger partial charge in [-0.2, -0.15) is 0 Å². The molecule has 0 amide bonds. The molecule has 8 heavy (non-hydrogen) atoms. The van der Waals surface area contributed by atoms with Crippen molar-refractivity contribution in [2.45, 2.75) is 4.33 Å². The van der Waals surface area contributed by atoms with Crippen LogP contribution in [0.2, 0.25) is 0 Å². The van der Waals surface area contributed by atoms with Gasteiger partial charge < -0.3 is 9.47 Å². The molecular formula is C4H6Cl2O2. The molecule has 0 radical (unpaired) electrons. The Morgan fingerprint density at radius 1 is 1.12 bits per heavy atom. The average molecular weight is 157 g/mol. The predicted molar refractivity (Wildman–Crippen MR) is 31.2 cm³/mol. The van der Waals surface area contributed by atoms with Gasteiger partial charge in [0.05, 0.1) is 13.2 Å². The van der Waals surface area contributed by atoms with E-state index in [1.807, 2.05) is 0 Å². The molecule has 48 valence electrons. The molecule has 2 nitrogen and oxygen atoms in total. The molecule has 0 N–H and O–H groups in total. The van der Waals surface area contributed by atoms with Crippen molar-refractivity contribution >= 4 is 23.2 Å². The van der Waals surface area contributed by atoms with Gasteiger partial charge in [-0.15, -0.1) is 0 Å². The van der Waals surface area contributed by atoms with E-state index in [9.17, 15) is 0 Å². The minimum absolute atomic E-state index is 0.307. The minimum atomic E-state index is -0.821. The molecule has 0 atom stereocenters. The van der Waals surface area contributed by atoms with Crippen molar-refractivity contribution < 1.29 is 9.47 Å². The summed E-state index contributed by atoms with van der Waals surface area (Å²) in [5.74, 6) is 0. The van der Waals surface area contributed by atoms with Gasteiger partial charge in [0.25, 0.3) is 0 Å². The third-order valence-corrected chi connectivity index (χ3v) is 1.23. The van der Waals surface area contributed by atoms with Gasteiger partial charge in [-0.3, -0.25) is 0 Å². The van der Waals surface area contributed by atoms with Gasteiger partial charge in [0.2, 0.25) is 0 Å². The fourth-order valence-corrected chi connectivity index (χ4v) is 0.791. The van der Waals surface area contributed by atoms with E-state index in [0.29, 0.717) is 20.0 Å². The topological polar surface area (TPSA) is 18.5 Å². The molecule has 1 rings (SSSR count). The Morgan fingerprint density at radius 2 is 1.62 bits per heavy atom. The first-order valence-electron chi connectivity index (χ1n) is 2.24. The normalized spacial score (nSPS) is 27.8. The number of alkyl halides is 2. The highest BCUT2D eigenvalue weighted by Gasteiger charge is 2.27. The van der Waals surface area contributed by atoms with Gasteiger partial charge in [-0.1, -0.05) is 23.2 Å². The Bertz CT molecular complexity index is 76.1. The van der Waals surface area contributed by atoms with Gasteiger partial charge >= 0.3 is 0 Å². The van der Waals surface area contributed by atoms with Crippen molar-refractivity contribution in [3.63, 3.8) is 0 Å². The molecular weight excluding hydrogens is 151 g/mol. The van der Waals surface area contributed by atoms with Crippen LogP contribution in [0, 0.1) is 0 Å². The van der Waals surface area contributed by atoms with E-state index in [4.69, 9.17) is 32.7 Å². The van der Waals surface area contributed by atoms with Crippen LogP contribution in [0.3, 0.4) is 0 Å². The summed E-state index contributed by atoms with van der Waals surface area (Å²) in [4.78, 5) is 0. The highest BCUT2D eigenvalue weighted by molar-refractivity contribution is 6.48. The monoisotopic (exact) mass is 156 g/mol. The summed E-state index contributed by atoms with van der Waals surface area (Å²) in [5, 5.41) is 0. The van der Waals surface area contributed by atoms with Crippen molar-refractivity contribution in [2.75, 3.05) is 20.0 Å². The lowest BCUT2D eigenvalue weighted by atomic mass is 10.4. The predicted octanol–water partition coefficient (Wildman–Crippen LogP) is 1.16. The smallest absolute Gasteiger partial charge is 0.164 e. The number of hydrogen-bond acceptors (Lipinski definition) is 2. The Labute approximate surface area is 57.7 Å². The third-order valence-electron chi connectivity index (χ3n) is 0.793. The van der Waals surface area contributed by atoms with E-state index in [1.165, 1.54) is 0 Å². The Balaban J connectivity index is 2.33. The molecule has 0 aliphatic carbocycles. The van der Waals surface area contributed by atoms with E-state index in [1.54, 1.807) is 0 Å². The highest BCUT2D eigenvalue weighted by atomic mass is 35.5. The van der Waals surface area contributed by atoms with Crippen LogP contribution in [0.5, 0.6) is 0 Å². The molecule has 1 aliphatic heterocycles. The lowest BCUT2D eigenvalue weighted by Crippen LogP contribution is -2.33. The number of rotatable bonds is 0. The fourth-order valence-electron chi connectivity index (χ4n) is 0.483. The van der Waals surface area contributed by atoms with Crippen LogP contribution in [-0.2, 0) is 9.47 Å². The maximum Gasteiger partial charge on any atom is 0.164 e. The molecule has 0 spiro atoms. The second kappa shape index (κ2) is 2.40. The fraction of sp³-hybridized carbons (Fsp3) is 1.00. The largest absolute Gasteiger partial charge is 0.352 e. The van der Waals surface area contributed by atoms with Crippen LogP contribution in [-0.4, -0.2) is 24.3 Å². The quantitative estimate of drug-likeness (QED) is 0.491. The zero-order chi connectivity index (χ0) is 6.04. The second-order valence-corrected chi connectivity index (χ2v) is 3.31. The van der Waals surface area contributed by atoms with E-state index < -0.39 is 4.33 Å². The number of ether oxygens (including phenoxy) is 2. The highest BCUT2D eigenvalue weighted by Crippen LogP contribution is 2.23. The molecule has 1 fully saturated rings. The van der Waals surface area contributed by atoms with Crippen molar-refractivity contribution in [1.29, 1.82) is 0 Å². The molecule has 0 saturated carbocycles. The van der Waals surface area contributed by atoms with Crippen LogP contribution in [0.4, 0.5) is 0 Å². The molecule has 1 heterocycles. The molecule has 1 saturated heterocycles. The maximum absolute atomic E-state index is 5.59. The Hall–Kier alpha value is 0.500. The second-order valence-electron chi connectivity index (χ2n) is 1.67. The summed E-state index contributed by atoms with van der Waals surface area (Å²) in [6.07, 6.45) is 0. The Kier molecular flexibility index (Phi) is 1.98. The maximum atomic E-state index is 5.59. The standard InChI is InChI=1S/C4H6Cl2O2/c5-4(6)1-7-3-8-2-4/h1-3H2. The zero-order valence-electron chi connectivity index (χ0n) is 4.19. The molecule has 0 aromatic heterocycles. The minimum Gasteiger partial charge on any atom is -0.352 e. The number of hydrogen-bond donors (Lipinski definition) is 0. The average Bonchev–Trinajstić information content (AvgIpc) is 1.65. The van der Waals surface area contributed by atoms with Gasteiger partial charge in [0.1, 0.15) is 6.79 Å². The van der Waals surface area contributed by atoms with E-state index >= 15 is 0 Å². The zero-order valence-corrected chi connectivity index (χ0v) is 5.71. The van der Waals surface area contributed by atoms with Crippen LogP contribution >= 0.6 is 23.2 Å². The van der Waals surface area contributed by atoms with E-state index in [2.05, 4.69) is 0 Å². The Morgan fingerprint density at radius 3 is 1.88 bits per heavy atom. The molecule has 0 bridgehead atoms. The first-order chi connectivity index (χ1) is 3.71. The lowest BCUT2D eigenvalue weighted by molar-refractivity contribution is -0.101. The molecule has 4 heteroatoms. The SMILES string of the molecule is ClC1(Cl)COCOC1. The first kappa shape index (κ1) is 6.62. The molecule has 0 unspecified atom stereocenters. The van der Waals surface area contributed by atoms with Crippen LogP contribution in [0.25, 0.3) is 0 Å². The third kappa shape index (κ3) is 1.78.